The third kappa shape index (κ3) is 4.85. The zero-order chi connectivity index (χ0) is 22.8. The zero-order valence-electron chi connectivity index (χ0n) is 18.3. The Morgan fingerprint density at radius 3 is 2.79 bits per heavy atom. The minimum Gasteiger partial charge on any atom is -0.342 e. The van der Waals surface area contributed by atoms with E-state index in [0.29, 0.717) is 31.9 Å². The van der Waals surface area contributed by atoms with Crippen molar-refractivity contribution >= 4 is 5.91 Å². The molecule has 0 spiro atoms. The van der Waals surface area contributed by atoms with Gasteiger partial charge in [-0.1, -0.05) is 18.2 Å². The number of hydrogen-bond donors (Lipinski definition) is 1. The second-order valence-electron chi connectivity index (χ2n) is 8.83. The maximum atomic E-state index is 13.1. The van der Waals surface area contributed by atoms with Gasteiger partial charge < -0.3 is 9.88 Å². The van der Waals surface area contributed by atoms with E-state index >= 15 is 0 Å². The van der Waals surface area contributed by atoms with Crippen LogP contribution >= 0.6 is 0 Å². The number of aromatic nitrogens is 3. The third-order valence-electron chi connectivity index (χ3n) is 6.50. The van der Waals surface area contributed by atoms with Crippen LogP contribution < -0.4 is 5.56 Å². The number of benzene rings is 1. The van der Waals surface area contributed by atoms with Crippen molar-refractivity contribution < 1.29 is 9.18 Å². The molecule has 0 aliphatic carbocycles. The second-order valence-corrected chi connectivity index (χ2v) is 8.83. The quantitative estimate of drug-likeness (QED) is 0.650. The topological polar surface area (TPSA) is 82.2 Å². The average molecular weight is 448 g/mol. The number of H-pyrrole nitrogens is 1. The molecule has 1 unspecified atom stereocenters. The Bertz CT molecular complexity index is 1200. The number of rotatable bonds is 5. The highest BCUT2D eigenvalue weighted by Crippen LogP contribution is 2.26. The number of aromatic amines is 1. The predicted molar refractivity (Wildman–Crippen MR) is 121 cm³/mol. The molecule has 2 aromatic heterocycles. The molecule has 1 aromatic carbocycles. The molecule has 1 fully saturated rings. The number of nitrogens with one attached hydrogen (secondary N) is 1. The number of fused-ring (bicyclic) bond motifs is 1. The van der Waals surface area contributed by atoms with Gasteiger partial charge in [-0.3, -0.25) is 19.5 Å². The number of hydrogen-bond acceptors (Lipinski definition) is 5. The number of amides is 1. The summed E-state index contributed by atoms with van der Waals surface area (Å²) in [5.74, 6) is 0.369. The largest absolute Gasteiger partial charge is 0.342 e. The molecule has 170 valence electrons. The number of halogens is 1. The Balaban J connectivity index is 1.26. The Kier molecular flexibility index (Phi) is 6.00. The van der Waals surface area contributed by atoms with Gasteiger partial charge in [0.25, 0.3) is 5.56 Å². The van der Waals surface area contributed by atoms with Gasteiger partial charge in [0.15, 0.2) is 0 Å². The molecular weight excluding hydrogens is 421 g/mol. The van der Waals surface area contributed by atoms with E-state index in [9.17, 15) is 14.0 Å². The summed E-state index contributed by atoms with van der Waals surface area (Å²) >= 11 is 0. The molecular formula is C25H26FN5O2. The standard InChI is InChI=1S/C25H26FN5O2/c26-20-5-3-17(4-6-20)12-23(32)31-11-7-19(15-31)24-28-22-16-30(10-8-21(22)25(33)29-24)14-18-2-1-9-27-13-18/h1-6,9,13,19H,7-8,10-12,14-16H2,(H,28,29,33). The van der Waals surface area contributed by atoms with E-state index in [4.69, 9.17) is 4.98 Å². The fourth-order valence-electron chi connectivity index (χ4n) is 4.69. The van der Waals surface area contributed by atoms with Gasteiger partial charge in [0.05, 0.1) is 12.1 Å². The molecule has 0 saturated carbocycles. The first-order valence-corrected chi connectivity index (χ1v) is 11.3. The van der Waals surface area contributed by atoms with E-state index in [2.05, 4.69) is 20.9 Å². The lowest BCUT2D eigenvalue weighted by Crippen LogP contribution is -2.36. The third-order valence-corrected chi connectivity index (χ3v) is 6.50. The maximum absolute atomic E-state index is 13.1. The zero-order valence-corrected chi connectivity index (χ0v) is 18.3. The lowest BCUT2D eigenvalue weighted by Gasteiger charge is -2.28. The van der Waals surface area contributed by atoms with Gasteiger partial charge in [-0.2, -0.15) is 0 Å². The first kappa shape index (κ1) is 21.5. The minimum atomic E-state index is -0.311. The number of pyridine rings is 1. The van der Waals surface area contributed by atoms with Crippen molar-refractivity contribution in [3.63, 3.8) is 0 Å². The smallest absolute Gasteiger partial charge is 0.254 e. The molecule has 0 bridgehead atoms. The Morgan fingerprint density at radius 2 is 2.00 bits per heavy atom. The molecule has 1 N–H and O–H groups in total. The summed E-state index contributed by atoms with van der Waals surface area (Å²) < 4.78 is 13.1. The first-order chi connectivity index (χ1) is 16.0. The van der Waals surface area contributed by atoms with Crippen LogP contribution in [0.4, 0.5) is 4.39 Å². The molecule has 1 atom stereocenters. The summed E-state index contributed by atoms with van der Waals surface area (Å²) in [5, 5.41) is 0. The van der Waals surface area contributed by atoms with Crippen LogP contribution in [0.15, 0.2) is 53.6 Å². The fraction of sp³-hybridized carbons (Fsp3) is 0.360. The van der Waals surface area contributed by atoms with Crippen LogP contribution in [0.3, 0.4) is 0 Å². The molecule has 5 rings (SSSR count). The summed E-state index contributed by atoms with van der Waals surface area (Å²) in [6.45, 7) is 3.36. The molecule has 3 aromatic rings. The molecule has 4 heterocycles. The molecule has 2 aliphatic heterocycles. The molecule has 1 amide bonds. The molecule has 7 nitrogen and oxygen atoms in total. The number of nitrogens with zero attached hydrogens (tertiary/aromatic N) is 4. The van der Waals surface area contributed by atoms with E-state index < -0.39 is 0 Å². The van der Waals surface area contributed by atoms with Gasteiger partial charge in [0.2, 0.25) is 5.91 Å². The van der Waals surface area contributed by atoms with E-state index in [1.54, 1.807) is 18.3 Å². The van der Waals surface area contributed by atoms with Crippen molar-refractivity contribution in [2.45, 2.75) is 38.3 Å². The second kappa shape index (κ2) is 9.23. The van der Waals surface area contributed by atoms with Crippen LogP contribution in [-0.2, 0) is 30.7 Å². The van der Waals surface area contributed by atoms with Crippen LogP contribution in [-0.4, -0.2) is 50.3 Å². The normalized spacial score (nSPS) is 18.3. The van der Waals surface area contributed by atoms with Crippen LogP contribution in [0.25, 0.3) is 0 Å². The molecule has 8 heteroatoms. The van der Waals surface area contributed by atoms with Crippen molar-refractivity contribution in [3.05, 3.63) is 93.2 Å². The van der Waals surface area contributed by atoms with E-state index in [1.165, 1.54) is 12.1 Å². The summed E-state index contributed by atoms with van der Waals surface area (Å²) in [6.07, 6.45) is 5.30. The minimum absolute atomic E-state index is 0.00654. The summed E-state index contributed by atoms with van der Waals surface area (Å²) in [4.78, 5) is 41.6. The summed E-state index contributed by atoms with van der Waals surface area (Å²) in [6, 6.07) is 10.00. The monoisotopic (exact) mass is 447 g/mol. The van der Waals surface area contributed by atoms with Crippen LogP contribution in [0.1, 0.15) is 40.5 Å². The highest BCUT2D eigenvalue weighted by molar-refractivity contribution is 5.79. The highest BCUT2D eigenvalue weighted by atomic mass is 19.1. The number of likely N-dealkylation sites (tertiary alicyclic amines) is 1. The molecule has 33 heavy (non-hydrogen) atoms. The summed E-state index contributed by atoms with van der Waals surface area (Å²) in [7, 11) is 0. The molecule has 2 aliphatic rings. The average Bonchev–Trinajstić information content (AvgIpc) is 3.32. The highest BCUT2D eigenvalue weighted by Gasteiger charge is 2.30. The van der Waals surface area contributed by atoms with Gasteiger partial charge in [0.1, 0.15) is 11.6 Å². The first-order valence-electron chi connectivity index (χ1n) is 11.3. The number of carbonyl (C=O) groups excluding carboxylic acids is 1. The summed E-state index contributed by atoms with van der Waals surface area (Å²) in [5.41, 5.74) is 3.46. The van der Waals surface area contributed by atoms with Crippen LogP contribution in [0, 0.1) is 5.82 Å². The van der Waals surface area contributed by atoms with Gasteiger partial charge in [-0.25, -0.2) is 9.37 Å². The Hall–Kier alpha value is -3.39. The lowest BCUT2D eigenvalue weighted by molar-refractivity contribution is -0.129. The molecule has 0 radical (unpaired) electrons. The van der Waals surface area contributed by atoms with E-state index in [-0.39, 0.29) is 29.6 Å². The van der Waals surface area contributed by atoms with Crippen molar-refractivity contribution in [1.82, 2.24) is 24.8 Å². The van der Waals surface area contributed by atoms with Gasteiger partial charge in [-0.05, 0) is 42.2 Å². The lowest BCUT2D eigenvalue weighted by atomic mass is 10.0. The predicted octanol–water partition coefficient (Wildman–Crippen LogP) is 2.42. The van der Waals surface area contributed by atoms with Crippen molar-refractivity contribution in [2.24, 2.45) is 0 Å². The van der Waals surface area contributed by atoms with Crippen LogP contribution in [0.5, 0.6) is 0 Å². The molecule has 1 saturated heterocycles. The Labute approximate surface area is 191 Å². The van der Waals surface area contributed by atoms with Gasteiger partial charge >= 0.3 is 0 Å². The van der Waals surface area contributed by atoms with E-state index in [0.717, 1.165) is 41.9 Å². The van der Waals surface area contributed by atoms with E-state index in [1.807, 2.05) is 17.2 Å². The van der Waals surface area contributed by atoms with Crippen molar-refractivity contribution in [3.8, 4) is 0 Å². The van der Waals surface area contributed by atoms with Crippen molar-refractivity contribution in [1.29, 1.82) is 0 Å². The fourth-order valence-corrected chi connectivity index (χ4v) is 4.69. The number of carbonyl (C=O) groups is 1. The van der Waals surface area contributed by atoms with Crippen LogP contribution in [0.2, 0.25) is 0 Å². The Morgan fingerprint density at radius 1 is 1.15 bits per heavy atom. The van der Waals surface area contributed by atoms with Gasteiger partial charge in [-0.15, -0.1) is 0 Å². The van der Waals surface area contributed by atoms with Crippen molar-refractivity contribution in [2.75, 3.05) is 19.6 Å². The van der Waals surface area contributed by atoms with Gasteiger partial charge in [0, 0.05) is 56.6 Å². The SMILES string of the molecule is O=C(Cc1ccc(F)cc1)N1CCC(c2nc3c(c(=O)[nH]2)CCN(Cc2cccnc2)C3)C1. The maximum Gasteiger partial charge on any atom is 0.254 e.